The third-order valence-corrected chi connectivity index (χ3v) is 9.68. The predicted molar refractivity (Wildman–Crippen MR) is 138 cm³/mol. The van der Waals surface area contributed by atoms with Crippen molar-refractivity contribution in [3.63, 3.8) is 0 Å². The number of hydrogen-bond acceptors (Lipinski definition) is 6. The molecule has 5 heterocycles. The zero-order valence-electron chi connectivity index (χ0n) is 21.6. The second-order valence-corrected chi connectivity index (χ2v) is 11.8. The number of anilines is 1. The quantitative estimate of drug-likeness (QED) is 0.604. The Hall–Kier alpha value is -2.52. The van der Waals surface area contributed by atoms with Gasteiger partial charge in [0.15, 0.2) is 5.82 Å². The lowest BCUT2D eigenvalue weighted by Crippen LogP contribution is -2.52. The molecule has 4 fully saturated rings. The van der Waals surface area contributed by atoms with Crippen LogP contribution in [-0.4, -0.2) is 79.4 Å². The van der Waals surface area contributed by atoms with E-state index in [4.69, 9.17) is 0 Å². The van der Waals surface area contributed by atoms with Crippen LogP contribution in [0.1, 0.15) is 67.3 Å². The van der Waals surface area contributed by atoms with Gasteiger partial charge in [0.05, 0.1) is 12.2 Å². The summed E-state index contributed by atoms with van der Waals surface area (Å²) < 4.78 is 15.7. The number of benzene rings is 1. The van der Waals surface area contributed by atoms with Gasteiger partial charge in [0.1, 0.15) is 6.04 Å². The van der Waals surface area contributed by atoms with E-state index < -0.39 is 11.9 Å². The number of likely N-dealkylation sites (tertiary alicyclic amines) is 1. The number of amides is 3. The van der Waals surface area contributed by atoms with E-state index in [0.717, 1.165) is 32.5 Å². The smallest absolute Gasteiger partial charge is 0.255 e. The first-order valence-electron chi connectivity index (χ1n) is 14.1. The third-order valence-electron chi connectivity index (χ3n) is 9.68. The van der Waals surface area contributed by atoms with E-state index in [9.17, 15) is 14.4 Å². The maximum Gasteiger partial charge on any atom is 0.255 e. The van der Waals surface area contributed by atoms with Crippen molar-refractivity contribution < 1.29 is 18.8 Å². The van der Waals surface area contributed by atoms with Gasteiger partial charge in [-0.1, -0.05) is 0 Å². The van der Waals surface area contributed by atoms with Crippen LogP contribution in [0.25, 0.3) is 0 Å². The molecule has 0 aromatic heterocycles. The Bertz CT molecular complexity index is 1070. The second kappa shape index (κ2) is 9.98. The molecule has 5 aliphatic heterocycles. The molecule has 8 nitrogen and oxygen atoms in total. The lowest BCUT2D eigenvalue weighted by molar-refractivity contribution is -0.136. The number of hydrogen-bond donors (Lipinski definition) is 2. The number of imide groups is 1. The Balaban J connectivity index is 1.05. The van der Waals surface area contributed by atoms with Crippen molar-refractivity contribution in [3.05, 3.63) is 29.1 Å². The van der Waals surface area contributed by atoms with Crippen LogP contribution in [0.15, 0.2) is 12.1 Å². The molecule has 1 atom stereocenters. The van der Waals surface area contributed by atoms with Gasteiger partial charge in [0, 0.05) is 37.2 Å². The molecular weight excluding hydrogens is 473 g/mol. The molecule has 4 saturated heterocycles. The summed E-state index contributed by atoms with van der Waals surface area (Å²) in [6, 6.07) is 2.71. The molecule has 1 unspecified atom stereocenters. The van der Waals surface area contributed by atoms with E-state index >= 15 is 4.39 Å². The zero-order chi connectivity index (χ0) is 25.6. The van der Waals surface area contributed by atoms with Crippen molar-refractivity contribution in [3.8, 4) is 0 Å². The monoisotopic (exact) mass is 511 g/mol. The van der Waals surface area contributed by atoms with Crippen LogP contribution < -0.4 is 15.5 Å². The van der Waals surface area contributed by atoms with E-state index in [1.807, 2.05) is 0 Å². The first kappa shape index (κ1) is 24.8. The van der Waals surface area contributed by atoms with Crippen molar-refractivity contribution in [2.45, 2.75) is 64.0 Å². The lowest BCUT2D eigenvalue weighted by Gasteiger charge is -2.45. The van der Waals surface area contributed by atoms with Gasteiger partial charge in [-0.2, -0.15) is 0 Å². The van der Waals surface area contributed by atoms with Crippen molar-refractivity contribution in [1.82, 2.24) is 20.4 Å². The fourth-order valence-corrected chi connectivity index (χ4v) is 7.22. The molecule has 3 amide bonds. The summed E-state index contributed by atoms with van der Waals surface area (Å²) in [7, 11) is 0. The Labute approximate surface area is 217 Å². The van der Waals surface area contributed by atoms with Gasteiger partial charge >= 0.3 is 0 Å². The number of carbonyl (C=O) groups excluding carboxylic acids is 3. The summed E-state index contributed by atoms with van der Waals surface area (Å²) in [6.07, 6.45) is 7.85. The van der Waals surface area contributed by atoms with Crippen molar-refractivity contribution in [2.24, 2.45) is 11.3 Å². The second-order valence-electron chi connectivity index (χ2n) is 11.8. The van der Waals surface area contributed by atoms with Crippen LogP contribution in [0, 0.1) is 17.2 Å². The third kappa shape index (κ3) is 4.76. The minimum absolute atomic E-state index is 0.0725. The first-order chi connectivity index (χ1) is 17.9. The maximum atomic E-state index is 15.7. The van der Waals surface area contributed by atoms with Crippen molar-refractivity contribution in [1.29, 1.82) is 0 Å². The van der Waals surface area contributed by atoms with Crippen LogP contribution in [0.4, 0.5) is 10.1 Å². The number of carbonyl (C=O) groups is 3. The highest BCUT2D eigenvalue weighted by molar-refractivity contribution is 6.05. The minimum Gasteiger partial charge on any atom is -0.369 e. The number of nitrogens with zero attached hydrogens (tertiary/aromatic N) is 3. The lowest BCUT2D eigenvalue weighted by atomic mass is 9.71. The molecule has 5 aliphatic rings. The van der Waals surface area contributed by atoms with E-state index in [0.29, 0.717) is 28.1 Å². The summed E-state index contributed by atoms with van der Waals surface area (Å²) in [5.74, 6) is -0.836. The summed E-state index contributed by atoms with van der Waals surface area (Å²) in [4.78, 5) is 43.0. The molecule has 1 aromatic rings. The molecule has 1 spiro atoms. The van der Waals surface area contributed by atoms with Gasteiger partial charge < -0.3 is 20.0 Å². The average Bonchev–Trinajstić information content (AvgIpc) is 3.24. The fraction of sp³-hybridized carbons (Fsp3) is 0.679. The SMILES string of the molecule is O=C1CCC(N2Cc3c(ccc(N4CCC(CN5CCC6(CCNCC6)CC5)CC4)c3F)C2=O)C(=O)N1. The minimum atomic E-state index is -0.726. The summed E-state index contributed by atoms with van der Waals surface area (Å²) in [6.45, 7) is 7.59. The van der Waals surface area contributed by atoms with E-state index in [1.54, 1.807) is 12.1 Å². The molecule has 200 valence electrons. The molecule has 37 heavy (non-hydrogen) atoms. The van der Waals surface area contributed by atoms with Gasteiger partial charge in [0.2, 0.25) is 11.8 Å². The van der Waals surface area contributed by atoms with E-state index in [-0.39, 0.29) is 37.0 Å². The van der Waals surface area contributed by atoms with Crippen LogP contribution in [0.3, 0.4) is 0 Å². The van der Waals surface area contributed by atoms with E-state index in [1.165, 1.54) is 56.8 Å². The topological polar surface area (TPSA) is 85.0 Å². The zero-order valence-corrected chi connectivity index (χ0v) is 21.6. The van der Waals surface area contributed by atoms with Crippen LogP contribution in [-0.2, 0) is 16.1 Å². The van der Waals surface area contributed by atoms with Crippen molar-refractivity contribution >= 4 is 23.4 Å². The predicted octanol–water partition coefficient (Wildman–Crippen LogP) is 2.27. The normalized spacial score (nSPS) is 27.1. The first-order valence-corrected chi connectivity index (χ1v) is 14.1. The molecule has 0 aliphatic carbocycles. The largest absolute Gasteiger partial charge is 0.369 e. The average molecular weight is 512 g/mol. The fourth-order valence-electron chi connectivity index (χ4n) is 7.22. The number of nitrogens with one attached hydrogen (secondary N) is 2. The summed E-state index contributed by atoms with van der Waals surface area (Å²) in [5, 5.41) is 5.80. The van der Waals surface area contributed by atoms with Gasteiger partial charge in [0.25, 0.3) is 5.91 Å². The standard InChI is InChI=1S/C28H38FN5O3/c29-25-21-18-34(23-3-4-24(35)31-26(23)36)27(37)20(21)1-2-22(25)33-13-5-19(6-14-33)17-32-15-9-28(10-16-32)7-11-30-12-8-28/h1-2,19,23,30H,3-18H2,(H,31,35,36). The Morgan fingerprint density at radius 1 is 0.946 bits per heavy atom. The molecule has 2 N–H and O–H groups in total. The Kier molecular flexibility index (Phi) is 6.69. The number of halogens is 1. The number of piperidine rings is 4. The van der Waals surface area contributed by atoms with Crippen LogP contribution in [0.5, 0.6) is 0 Å². The summed E-state index contributed by atoms with van der Waals surface area (Å²) >= 11 is 0. The molecule has 9 heteroatoms. The van der Waals surface area contributed by atoms with Gasteiger partial charge in [-0.15, -0.1) is 0 Å². The number of fused-ring (bicyclic) bond motifs is 1. The molecule has 1 aromatic carbocycles. The Morgan fingerprint density at radius 2 is 1.68 bits per heavy atom. The van der Waals surface area contributed by atoms with Gasteiger partial charge in [-0.05, 0) is 94.6 Å². The van der Waals surface area contributed by atoms with Crippen LogP contribution in [0.2, 0.25) is 0 Å². The Morgan fingerprint density at radius 3 is 2.38 bits per heavy atom. The highest BCUT2D eigenvalue weighted by Gasteiger charge is 2.41. The van der Waals surface area contributed by atoms with Gasteiger partial charge in [-0.3, -0.25) is 19.7 Å². The highest BCUT2D eigenvalue weighted by atomic mass is 19.1. The molecule has 0 radical (unpaired) electrons. The number of rotatable bonds is 4. The van der Waals surface area contributed by atoms with Crippen LogP contribution >= 0.6 is 0 Å². The molecular formula is C28H38FN5O3. The van der Waals surface area contributed by atoms with E-state index in [2.05, 4.69) is 20.4 Å². The van der Waals surface area contributed by atoms with Crippen molar-refractivity contribution in [2.75, 3.05) is 50.7 Å². The highest BCUT2D eigenvalue weighted by Crippen LogP contribution is 2.40. The van der Waals surface area contributed by atoms with Gasteiger partial charge in [-0.25, -0.2) is 4.39 Å². The molecule has 0 bridgehead atoms. The maximum absolute atomic E-state index is 15.7. The molecule has 6 rings (SSSR count). The molecule has 0 saturated carbocycles. The summed E-state index contributed by atoms with van der Waals surface area (Å²) in [5.41, 5.74) is 1.83.